The Hall–Kier alpha value is -0.800. The minimum absolute atomic E-state index is 0.546. The molecule has 19 heavy (non-hydrogen) atoms. The first-order valence-corrected chi connectivity index (χ1v) is 7.66. The van der Waals surface area contributed by atoms with Gasteiger partial charge in [-0.1, -0.05) is 6.92 Å². The molecule has 1 aromatic rings. The summed E-state index contributed by atoms with van der Waals surface area (Å²) in [6, 6.07) is 4.76. The van der Waals surface area contributed by atoms with Crippen LogP contribution in [0.15, 0.2) is 12.1 Å². The third kappa shape index (κ3) is 3.61. The molecule has 0 N–H and O–H groups in total. The molecule has 2 rings (SSSR count). The first-order chi connectivity index (χ1) is 9.13. The minimum Gasteiger partial charge on any atom is -0.352 e. The topological polar surface area (TPSA) is 19.4 Å². The monoisotopic (exact) mass is 281 g/mol. The highest BCUT2D eigenvalue weighted by Crippen LogP contribution is 2.22. The van der Waals surface area contributed by atoms with Crippen molar-refractivity contribution < 1.29 is 0 Å². The second kappa shape index (κ2) is 6.58. The van der Waals surface area contributed by atoms with E-state index >= 15 is 0 Å². The van der Waals surface area contributed by atoms with Crippen LogP contribution in [0.5, 0.6) is 0 Å². The number of nitrogens with zero attached hydrogens (tertiary/aromatic N) is 3. The number of likely N-dealkylation sites (N-methyl/N-ethyl adjacent to an activating group) is 1. The van der Waals surface area contributed by atoms with Crippen molar-refractivity contribution in [1.29, 1.82) is 0 Å². The molecule has 0 saturated carbocycles. The number of hydrogen-bond acceptors (Lipinski definition) is 3. The number of rotatable bonds is 3. The van der Waals surface area contributed by atoms with Gasteiger partial charge in [0.05, 0.1) is 0 Å². The summed E-state index contributed by atoms with van der Waals surface area (Å²) >= 11 is 5.98. The predicted octanol–water partition coefficient (Wildman–Crippen LogP) is 3.05. The molecular weight excluding hydrogens is 258 g/mol. The summed E-state index contributed by atoms with van der Waals surface area (Å²) in [5.74, 6) is 1.65. The molecule has 1 atom stereocenters. The van der Waals surface area contributed by atoms with Gasteiger partial charge in [0, 0.05) is 30.7 Å². The standard InChI is InChI=1S/C15H24ClN3/c1-4-14-11-18(3)6-5-7-19(14)15-9-13(10-16)8-12(2)17-15/h8-9,14H,4-7,10-11H2,1-3H3. The molecule has 0 aliphatic carbocycles. The smallest absolute Gasteiger partial charge is 0.129 e. The van der Waals surface area contributed by atoms with Crippen molar-refractivity contribution in [2.45, 2.75) is 38.6 Å². The second-order valence-electron chi connectivity index (χ2n) is 5.48. The molecule has 2 heterocycles. The summed E-state index contributed by atoms with van der Waals surface area (Å²) in [5, 5.41) is 0. The van der Waals surface area contributed by atoms with Crippen molar-refractivity contribution >= 4 is 17.4 Å². The van der Waals surface area contributed by atoms with Crippen LogP contribution in [0.4, 0.5) is 5.82 Å². The molecule has 3 nitrogen and oxygen atoms in total. The summed E-state index contributed by atoms with van der Waals surface area (Å²) < 4.78 is 0. The lowest BCUT2D eigenvalue weighted by atomic mass is 10.1. The second-order valence-corrected chi connectivity index (χ2v) is 5.75. The number of anilines is 1. The third-order valence-electron chi connectivity index (χ3n) is 3.82. The molecule has 0 amide bonds. The zero-order chi connectivity index (χ0) is 13.8. The SMILES string of the molecule is CCC1CN(C)CCCN1c1cc(CCl)cc(C)n1. The van der Waals surface area contributed by atoms with E-state index in [2.05, 4.69) is 35.9 Å². The quantitative estimate of drug-likeness (QED) is 0.794. The van der Waals surface area contributed by atoms with Crippen molar-refractivity contribution in [3.05, 3.63) is 23.4 Å². The van der Waals surface area contributed by atoms with Crippen LogP contribution in [0.2, 0.25) is 0 Å². The fourth-order valence-electron chi connectivity index (χ4n) is 2.84. The lowest BCUT2D eigenvalue weighted by Crippen LogP contribution is -2.40. The molecule has 0 bridgehead atoms. The van der Waals surface area contributed by atoms with Crippen molar-refractivity contribution in [1.82, 2.24) is 9.88 Å². The highest BCUT2D eigenvalue weighted by Gasteiger charge is 2.23. The summed E-state index contributed by atoms with van der Waals surface area (Å²) in [5.41, 5.74) is 2.22. The van der Waals surface area contributed by atoms with E-state index in [9.17, 15) is 0 Å². The van der Waals surface area contributed by atoms with Gasteiger partial charge in [-0.25, -0.2) is 4.98 Å². The molecule has 1 aliphatic rings. The Labute approximate surface area is 121 Å². The van der Waals surface area contributed by atoms with E-state index < -0.39 is 0 Å². The summed E-state index contributed by atoms with van der Waals surface area (Å²) in [6.07, 6.45) is 2.34. The minimum atomic E-state index is 0.546. The van der Waals surface area contributed by atoms with Crippen LogP contribution in [0.25, 0.3) is 0 Å². The maximum absolute atomic E-state index is 5.98. The highest BCUT2D eigenvalue weighted by atomic mass is 35.5. The van der Waals surface area contributed by atoms with Gasteiger partial charge in [-0.05, 0) is 51.1 Å². The number of pyridine rings is 1. The average Bonchev–Trinajstić information content (AvgIpc) is 2.59. The van der Waals surface area contributed by atoms with Crippen molar-refractivity contribution in [3.63, 3.8) is 0 Å². The Morgan fingerprint density at radius 2 is 2.16 bits per heavy atom. The predicted molar refractivity (Wildman–Crippen MR) is 82.1 cm³/mol. The van der Waals surface area contributed by atoms with Crippen LogP contribution in [0, 0.1) is 6.92 Å². The largest absolute Gasteiger partial charge is 0.352 e. The Morgan fingerprint density at radius 3 is 2.84 bits per heavy atom. The van der Waals surface area contributed by atoms with Gasteiger partial charge < -0.3 is 9.80 Å². The van der Waals surface area contributed by atoms with Crippen molar-refractivity contribution in [2.24, 2.45) is 0 Å². The molecule has 4 heteroatoms. The van der Waals surface area contributed by atoms with Gasteiger partial charge in [-0.15, -0.1) is 11.6 Å². The number of aryl methyl sites for hydroxylation is 1. The van der Waals surface area contributed by atoms with E-state index in [0.29, 0.717) is 11.9 Å². The summed E-state index contributed by atoms with van der Waals surface area (Å²) in [7, 11) is 2.21. The van der Waals surface area contributed by atoms with E-state index in [1.807, 2.05) is 6.92 Å². The van der Waals surface area contributed by atoms with E-state index in [-0.39, 0.29) is 0 Å². The van der Waals surface area contributed by atoms with Crippen LogP contribution in [0.1, 0.15) is 31.0 Å². The van der Waals surface area contributed by atoms with Crippen molar-refractivity contribution in [3.8, 4) is 0 Å². The third-order valence-corrected chi connectivity index (χ3v) is 4.13. The van der Waals surface area contributed by atoms with Gasteiger partial charge in [0.2, 0.25) is 0 Å². The van der Waals surface area contributed by atoms with Crippen LogP contribution < -0.4 is 4.90 Å². The van der Waals surface area contributed by atoms with Crippen LogP contribution in [0.3, 0.4) is 0 Å². The Balaban J connectivity index is 2.29. The van der Waals surface area contributed by atoms with Gasteiger partial charge in [-0.2, -0.15) is 0 Å². The molecule has 106 valence electrons. The molecule has 0 aromatic carbocycles. The van der Waals surface area contributed by atoms with Crippen LogP contribution >= 0.6 is 11.6 Å². The Kier molecular flexibility index (Phi) is 5.06. The Bertz CT molecular complexity index is 422. The maximum Gasteiger partial charge on any atom is 0.129 e. The fourth-order valence-corrected chi connectivity index (χ4v) is 2.99. The molecule has 1 unspecified atom stereocenters. The van der Waals surface area contributed by atoms with Crippen LogP contribution in [-0.4, -0.2) is 42.6 Å². The number of hydrogen-bond donors (Lipinski definition) is 0. The van der Waals surface area contributed by atoms with E-state index in [1.54, 1.807) is 0 Å². The average molecular weight is 282 g/mol. The van der Waals surface area contributed by atoms with E-state index in [4.69, 9.17) is 16.6 Å². The maximum atomic E-state index is 5.98. The number of halogens is 1. The normalized spacial score (nSPS) is 21.5. The van der Waals surface area contributed by atoms with Gasteiger partial charge in [-0.3, -0.25) is 0 Å². The zero-order valence-corrected chi connectivity index (χ0v) is 13.0. The zero-order valence-electron chi connectivity index (χ0n) is 12.2. The Morgan fingerprint density at radius 1 is 1.37 bits per heavy atom. The molecule has 1 fully saturated rings. The lowest BCUT2D eigenvalue weighted by molar-refractivity contribution is 0.327. The van der Waals surface area contributed by atoms with Gasteiger partial charge >= 0.3 is 0 Å². The molecule has 1 saturated heterocycles. The molecule has 0 radical (unpaired) electrons. The first kappa shape index (κ1) is 14.6. The highest BCUT2D eigenvalue weighted by molar-refractivity contribution is 6.17. The summed E-state index contributed by atoms with van der Waals surface area (Å²) in [6.45, 7) is 7.67. The van der Waals surface area contributed by atoms with Gasteiger partial charge in [0.15, 0.2) is 0 Å². The number of alkyl halides is 1. The molecule has 1 aliphatic heterocycles. The lowest BCUT2D eigenvalue weighted by Gasteiger charge is -2.31. The van der Waals surface area contributed by atoms with Crippen molar-refractivity contribution in [2.75, 3.05) is 31.6 Å². The number of aromatic nitrogens is 1. The van der Waals surface area contributed by atoms with E-state index in [0.717, 1.165) is 36.6 Å². The van der Waals surface area contributed by atoms with Gasteiger partial charge in [0.1, 0.15) is 5.82 Å². The molecule has 0 spiro atoms. The van der Waals surface area contributed by atoms with Gasteiger partial charge in [0.25, 0.3) is 0 Å². The molecule has 1 aromatic heterocycles. The summed E-state index contributed by atoms with van der Waals surface area (Å²) in [4.78, 5) is 9.61. The molecular formula is C15H24ClN3. The van der Waals surface area contributed by atoms with E-state index in [1.165, 1.54) is 13.0 Å². The first-order valence-electron chi connectivity index (χ1n) is 7.12. The fraction of sp³-hybridized carbons (Fsp3) is 0.667. The van der Waals surface area contributed by atoms with Crippen LogP contribution in [-0.2, 0) is 5.88 Å².